The molecule has 0 bridgehead atoms. The van der Waals surface area contributed by atoms with Gasteiger partial charge in [-0.1, -0.05) is 122 Å². The highest BCUT2D eigenvalue weighted by molar-refractivity contribution is 5.75. The highest BCUT2D eigenvalue weighted by Gasteiger charge is 2.12. The molecule has 0 aromatic heterocycles. The number of hydrogen-bond acceptors (Lipinski definition) is 3. The lowest BCUT2D eigenvalue weighted by molar-refractivity contribution is -0.128. The predicted molar refractivity (Wildman–Crippen MR) is 129 cm³/mol. The van der Waals surface area contributed by atoms with Crippen molar-refractivity contribution in [1.29, 1.82) is 0 Å². The second-order valence-corrected chi connectivity index (χ2v) is 9.25. The molecule has 0 aromatic carbocycles. The zero-order valence-corrected chi connectivity index (χ0v) is 20.2. The molecule has 0 radical (unpaired) electrons. The Hall–Kier alpha value is -0.610. The first-order valence-electron chi connectivity index (χ1n) is 13.4. The van der Waals surface area contributed by atoms with Gasteiger partial charge in [0, 0.05) is 19.5 Å². The Morgan fingerprint density at radius 2 is 1.00 bits per heavy atom. The summed E-state index contributed by atoms with van der Waals surface area (Å²) >= 11 is 0. The van der Waals surface area contributed by atoms with Crippen molar-refractivity contribution in [1.82, 2.24) is 10.4 Å². The number of hydrogen-bond donors (Lipinski definition) is 1. The lowest BCUT2D eigenvalue weighted by atomic mass is 10.0. The van der Waals surface area contributed by atoms with Gasteiger partial charge in [-0.05, 0) is 6.42 Å². The Morgan fingerprint density at radius 1 is 0.633 bits per heavy atom. The molecule has 0 aromatic rings. The summed E-state index contributed by atoms with van der Waals surface area (Å²) in [4.78, 5) is 11.9. The molecule has 1 rings (SSSR count). The van der Waals surface area contributed by atoms with Crippen LogP contribution in [0.4, 0.5) is 0 Å². The maximum absolute atomic E-state index is 11.9. The molecule has 0 aliphatic carbocycles. The molecule has 0 unspecified atom stereocenters. The van der Waals surface area contributed by atoms with Crippen molar-refractivity contribution in [3.8, 4) is 0 Å². The van der Waals surface area contributed by atoms with Crippen molar-refractivity contribution in [3.63, 3.8) is 0 Å². The highest BCUT2D eigenvalue weighted by atomic mass is 16.5. The summed E-state index contributed by atoms with van der Waals surface area (Å²) in [7, 11) is 0. The van der Waals surface area contributed by atoms with Crippen molar-refractivity contribution in [2.45, 2.75) is 135 Å². The lowest BCUT2D eigenvalue weighted by Crippen LogP contribution is -2.48. The van der Waals surface area contributed by atoms with Crippen LogP contribution in [0.2, 0.25) is 0 Å². The van der Waals surface area contributed by atoms with Crippen molar-refractivity contribution in [2.24, 2.45) is 0 Å². The number of hydrazine groups is 1. The summed E-state index contributed by atoms with van der Waals surface area (Å²) in [6, 6.07) is 0. The van der Waals surface area contributed by atoms with Crippen molar-refractivity contribution in [2.75, 3.05) is 26.3 Å². The van der Waals surface area contributed by atoms with E-state index in [4.69, 9.17) is 4.74 Å². The van der Waals surface area contributed by atoms with Crippen LogP contribution < -0.4 is 5.43 Å². The first kappa shape index (κ1) is 27.4. The monoisotopic (exact) mass is 424 g/mol. The van der Waals surface area contributed by atoms with Gasteiger partial charge in [-0.2, -0.15) is 0 Å². The quantitative estimate of drug-likeness (QED) is 0.199. The van der Waals surface area contributed by atoms with Crippen LogP contribution in [0.25, 0.3) is 0 Å². The first-order chi connectivity index (χ1) is 14.8. The second-order valence-electron chi connectivity index (χ2n) is 9.25. The molecule has 0 atom stereocenters. The van der Waals surface area contributed by atoms with Gasteiger partial charge in [-0.25, -0.2) is 5.01 Å². The fourth-order valence-electron chi connectivity index (χ4n) is 4.27. The van der Waals surface area contributed by atoms with Crippen molar-refractivity contribution >= 4 is 5.91 Å². The van der Waals surface area contributed by atoms with E-state index in [1.807, 2.05) is 5.01 Å². The third-order valence-electron chi connectivity index (χ3n) is 6.30. The van der Waals surface area contributed by atoms with E-state index in [9.17, 15) is 4.79 Å². The number of morpholine rings is 1. The van der Waals surface area contributed by atoms with Gasteiger partial charge in [0.05, 0.1) is 13.2 Å². The Kier molecular flexibility index (Phi) is 19.8. The van der Waals surface area contributed by atoms with E-state index >= 15 is 0 Å². The number of carbonyl (C=O) groups is 1. The molecule has 1 aliphatic rings. The Morgan fingerprint density at radius 3 is 1.40 bits per heavy atom. The van der Waals surface area contributed by atoms with Crippen LogP contribution in [-0.4, -0.2) is 37.2 Å². The molecule has 1 saturated heterocycles. The van der Waals surface area contributed by atoms with E-state index in [2.05, 4.69) is 12.3 Å². The summed E-state index contributed by atoms with van der Waals surface area (Å²) in [5, 5.41) is 1.99. The molecule has 30 heavy (non-hydrogen) atoms. The third kappa shape index (κ3) is 18.2. The Bertz CT molecular complexity index is 370. The Labute approximate surface area is 187 Å². The Balaban J connectivity index is 1.69. The SMILES string of the molecule is CCCCCCCCCCCCCCCCCCCCCC(=O)NN1CCOCC1. The summed E-state index contributed by atoms with van der Waals surface area (Å²) in [6.45, 7) is 5.35. The molecular weight excluding hydrogens is 372 g/mol. The number of carbonyl (C=O) groups excluding carboxylic acids is 1. The van der Waals surface area contributed by atoms with E-state index in [-0.39, 0.29) is 5.91 Å². The predicted octanol–water partition coefficient (Wildman–Crippen LogP) is 7.17. The fourth-order valence-corrected chi connectivity index (χ4v) is 4.27. The average molecular weight is 425 g/mol. The first-order valence-corrected chi connectivity index (χ1v) is 13.4. The van der Waals surface area contributed by atoms with Gasteiger partial charge in [0.25, 0.3) is 0 Å². The molecule has 1 amide bonds. The summed E-state index contributed by atoms with van der Waals surface area (Å²) in [5.41, 5.74) is 2.99. The maximum Gasteiger partial charge on any atom is 0.234 e. The topological polar surface area (TPSA) is 41.6 Å². The molecule has 1 N–H and O–H groups in total. The number of nitrogens with zero attached hydrogens (tertiary/aromatic N) is 1. The molecule has 1 aliphatic heterocycles. The van der Waals surface area contributed by atoms with Crippen molar-refractivity contribution < 1.29 is 9.53 Å². The van der Waals surface area contributed by atoms with Gasteiger partial charge in [-0.3, -0.25) is 10.2 Å². The highest BCUT2D eigenvalue weighted by Crippen LogP contribution is 2.14. The second kappa shape index (κ2) is 21.6. The minimum absolute atomic E-state index is 0.170. The number of nitrogens with one attached hydrogen (secondary N) is 1. The number of ether oxygens (including phenoxy) is 1. The molecule has 1 fully saturated rings. The molecule has 4 nitrogen and oxygen atoms in total. The lowest BCUT2D eigenvalue weighted by Gasteiger charge is -2.26. The van der Waals surface area contributed by atoms with Crippen LogP contribution in [0.1, 0.15) is 135 Å². The van der Waals surface area contributed by atoms with E-state index in [0.717, 1.165) is 32.7 Å². The summed E-state index contributed by atoms with van der Waals surface area (Å²) in [5.74, 6) is 0.170. The van der Waals surface area contributed by atoms with Crippen LogP contribution >= 0.6 is 0 Å². The van der Waals surface area contributed by atoms with Gasteiger partial charge in [-0.15, -0.1) is 0 Å². The molecular formula is C26H52N2O2. The molecule has 0 saturated carbocycles. The van der Waals surface area contributed by atoms with Crippen LogP contribution in [0.3, 0.4) is 0 Å². The standard InChI is InChI=1S/C26H52N2O2/c1-2-3-4-5-6-7-8-9-10-11-12-13-14-15-16-17-18-19-20-21-26(29)27-28-22-24-30-25-23-28/h2-25H2,1H3,(H,27,29). The normalized spacial score (nSPS) is 14.8. The zero-order valence-electron chi connectivity index (χ0n) is 20.2. The summed E-state index contributed by atoms with van der Waals surface area (Å²) in [6.07, 6.45) is 27.0. The van der Waals surface area contributed by atoms with Gasteiger partial charge in [0.1, 0.15) is 0 Å². The minimum Gasteiger partial charge on any atom is -0.379 e. The summed E-state index contributed by atoms with van der Waals surface area (Å²) < 4.78 is 5.29. The molecule has 0 spiro atoms. The van der Waals surface area contributed by atoms with E-state index in [1.54, 1.807) is 0 Å². The largest absolute Gasteiger partial charge is 0.379 e. The minimum atomic E-state index is 0.170. The van der Waals surface area contributed by atoms with Gasteiger partial charge < -0.3 is 4.74 Å². The smallest absolute Gasteiger partial charge is 0.234 e. The van der Waals surface area contributed by atoms with Gasteiger partial charge in [0.15, 0.2) is 0 Å². The average Bonchev–Trinajstić information content (AvgIpc) is 2.76. The van der Waals surface area contributed by atoms with Crippen LogP contribution in [0, 0.1) is 0 Å². The zero-order chi connectivity index (χ0) is 21.5. The number of unbranched alkanes of at least 4 members (excludes halogenated alkanes) is 18. The maximum atomic E-state index is 11.9. The number of rotatable bonds is 21. The van der Waals surface area contributed by atoms with E-state index in [1.165, 1.54) is 116 Å². The van der Waals surface area contributed by atoms with E-state index < -0.39 is 0 Å². The molecule has 4 heteroatoms. The van der Waals surface area contributed by atoms with Crippen LogP contribution in [-0.2, 0) is 9.53 Å². The molecule has 178 valence electrons. The number of amides is 1. The van der Waals surface area contributed by atoms with E-state index in [0.29, 0.717) is 6.42 Å². The van der Waals surface area contributed by atoms with Crippen LogP contribution in [0.15, 0.2) is 0 Å². The van der Waals surface area contributed by atoms with Crippen molar-refractivity contribution in [3.05, 3.63) is 0 Å². The van der Waals surface area contributed by atoms with Gasteiger partial charge in [0.2, 0.25) is 5.91 Å². The fraction of sp³-hybridized carbons (Fsp3) is 0.962. The third-order valence-corrected chi connectivity index (χ3v) is 6.30. The van der Waals surface area contributed by atoms with Crippen LogP contribution in [0.5, 0.6) is 0 Å². The molecule has 1 heterocycles. The van der Waals surface area contributed by atoms with Gasteiger partial charge >= 0.3 is 0 Å².